The summed E-state index contributed by atoms with van der Waals surface area (Å²) >= 11 is 0. The van der Waals surface area contributed by atoms with E-state index in [-0.39, 0.29) is 18.2 Å². The van der Waals surface area contributed by atoms with Gasteiger partial charge in [-0.25, -0.2) is 0 Å². The molecule has 0 aliphatic carbocycles. The average molecular weight is 525 g/mol. The predicted molar refractivity (Wildman–Crippen MR) is 145 cm³/mol. The first-order valence-electron chi connectivity index (χ1n) is 13.2. The summed E-state index contributed by atoms with van der Waals surface area (Å²) in [5.41, 5.74) is 6.57. The average Bonchev–Trinajstić information content (AvgIpc) is 3.14. The number of cyclic esters (lactones) is 2. The van der Waals surface area contributed by atoms with Crippen molar-refractivity contribution < 1.29 is 29.0 Å². The van der Waals surface area contributed by atoms with E-state index in [1.165, 1.54) is 0 Å². The fraction of sp³-hybridized carbons (Fsp3) is 0.467. The summed E-state index contributed by atoms with van der Waals surface area (Å²) in [6.07, 6.45) is 0.419. The maximum absolute atomic E-state index is 13.3. The van der Waals surface area contributed by atoms with Crippen LogP contribution in [-0.2, 0) is 23.9 Å². The van der Waals surface area contributed by atoms with Crippen molar-refractivity contribution in [3.63, 3.8) is 0 Å². The maximum atomic E-state index is 13.3. The molecule has 1 aliphatic rings. The van der Waals surface area contributed by atoms with E-state index in [1.54, 1.807) is 26.0 Å². The lowest BCUT2D eigenvalue weighted by Crippen LogP contribution is -2.42. The monoisotopic (exact) mass is 524 g/mol. The van der Waals surface area contributed by atoms with Crippen molar-refractivity contribution in [2.75, 3.05) is 13.1 Å². The summed E-state index contributed by atoms with van der Waals surface area (Å²) in [6.45, 7) is 8.42. The third kappa shape index (κ3) is 7.99. The van der Waals surface area contributed by atoms with Crippen LogP contribution in [0.1, 0.15) is 63.5 Å². The minimum atomic E-state index is -1.11. The van der Waals surface area contributed by atoms with Crippen LogP contribution < -0.4 is 11.1 Å². The van der Waals surface area contributed by atoms with Crippen molar-refractivity contribution >= 4 is 23.8 Å². The van der Waals surface area contributed by atoms with Gasteiger partial charge < -0.3 is 20.9 Å². The Labute approximate surface area is 225 Å². The van der Waals surface area contributed by atoms with Crippen LogP contribution in [0.25, 0.3) is 0 Å². The van der Waals surface area contributed by atoms with E-state index in [4.69, 9.17) is 10.5 Å². The molecule has 0 spiro atoms. The van der Waals surface area contributed by atoms with Gasteiger partial charge in [-0.3, -0.25) is 19.2 Å². The van der Waals surface area contributed by atoms with Crippen LogP contribution in [0.4, 0.5) is 0 Å². The van der Waals surface area contributed by atoms with E-state index in [0.717, 1.165) is 12.1 Å². The van der Waals surface area contributed by atoms with Gasteiger partial charge in [0.2, 0.25) is 5.91 Å². The zero-order valence-electron chi connectivity index (χ0n) is 22.6. The molecule has 1 aliphatic heterocycles. The molecule has 1 saturated heterocycles. The highest BCUT2D eigenvalue weighted by Gasteiger charge is 2.47. The minimum absolute atomic E-state index is 0.0703. The second kappa shape index (κ2) is 15.0. The highest BCUT2D eigenvalue weighted by molar-refractivity contribution is 5.96. The number of hydrogen-bond donors (Lipinski definition) is 3. The molecule has 6 unspecified atom stereocenters. The Morgan fingerprint density at radius 1 is 0.974 bits per heavy atom. The van der Waals surface area contributed by atoms with Crippen LogP contribution in [-0.4, -0.2) is 42.0 Å². The molecule has 3 rings (SSSR count). The van der Waals surface area contributed by atoms with E-state index in [1.807, 2.05) is 62.4 Å². The van der Waals surface area contributed by atoms with Crippen molar-refractivity contribution in [1.29, 1.82) is 0 Å². The van der Waals surface area contributed by atoms with E-state index in [9.17, 15) is 24.3 Å². The van der Waals surface area contributed by atoms with Gasteiger partial charge in [-0.2, -0.15) is 0 Å². The number of carboxylic acid groups (broad SMARTS) is 1. The quantitative estimate of drug-likeness (QED) is 0.297. The molecule has 1 fully saturated rings. The minimum Gasteiger partial charge on any atom is -0.481 e. The molecular weight excluding hydrogens is 484 g/mol. The van der Waals surface area contributed by atoms with Gasteiger partial charge in [-0.1, -0.05) is 81.4 Å². The molecule has 0 aromatic heterocycles. The fourth-order valence-electron chi connectivity index (χ4n) is 5.05. The number of ether oxygens (including phenoxy) is 1. The number of amides is 1. The second-order valence-corrected chi connectivity index (χ2v) is 9.71. The SMILES string of the molecule is CCN.CCNC(=O)C(CC(C)c1ccccc1)C(C(=O)O)C(CC1C(=O)OC(=O)C1C)c1ccccc1. The number of nitrogens with two attached hydrogens (primary N) is 1. The van der Waals surface area contributed by atoms with Gasteiger partial charge in [0.1, 0.15) is 0 Å². The molecule has 4 N–H and O–H groups in total. The number of nitrogens with one attached hydrogen (secondary N) is 1. The first-order chi connectivity index (χ1) is 18.2. The Morgan fingerprint density at radius 3 is 1.95 bits per heavy atom. The van der Waals surface area contributed by atoms with Gasteiger partial charge in [0.05, 0.1) is 23.7 Å². The topological polar surface area (TPSA) is 136 Å². The normalized spacial score (nSPS) is 19.8. The van der Waals surface area contributed by atoms with Gasteiger partial charge in [0.25, 0.3) is 0 Å². The molecule has 0 radical (unpaired) electrons. The molecule has 8 nitrogen and oxygen atoms in total. The van der Waals surface area contributed by atoms with E-state index >= 15 is 0 Å². The summed E-state index contributed by atoms with van der Waals surface area (Å²) in [5, 5.41) is 13.3. The number of benzene rings is 2. The molecule has 1 amide bonds. The Kier molecular flexibility index (Phi) is 12.1. The lowest BCUT2D eigenvalue weighted by atomic mass is 9.69. The third-order valence-electron chi connectivity index (χ3n) is 7.03. The van der Waals surface area contributed by atoms with E-state index in [0.29, 0.717) is 18.5 Å². The first-order valence-corrected chi connectivity index (χ1v) is 13.2. The van der Waals surface area contributed by atoms with Crippen LogP contribution in [0.15, 0.2) is 60.7 Å². The highest BCUT2D eigenvalue weighted by Crippen LogP contribution is 2.42. The number of carbonyl (C=O) groups excluding carboxylic acids is 3. The molecule has 0 bridgehead atoms. The van der Waals surface area contributed by atoms with Crippen molar-refractivity contribution in [3.05, 3.63) is 71.8 Å². The molecule has 2 aromatic carbocycles. The first kappa shape index (κ1) is 30.7. The molecular formula is C30H40N2O6. The van der Waals surface area contributed by atoms with Gasteiger partial charge >= 0.3 is 17.9 Å². The molecule has 2 aromatic rings. The number of rotatable bonds is 11. The number of carbonyl (C=O) groups is 4. The van der Waals surface area contributed by atoms with Crippen molar-refractivity contribution in [3.8, 4) is 0 Å². The standard InChI is InChI=1S/C28H33NO6.C2H7N/c1-4-29-25(30)23(15-17(2)19-11-7-5-8-12-19)24(26(31)32)22(20-13-9-6-10-14-20)16-21-18(3)27(33)35-28(21)34;1-2-3/h5-14,17-18,21-24H,4,15-16H2,1-3H3,(H,29,30)(H,31,32);2-3H2,1H3. The van der Waals surface area contributed by atoms with Gasteiger partial charge in [0.15, 0.2) is 0 Å². The number of hydrogen-bond acceptors (Lipinski definition) is 6. The van der Waals surface area contributed by atoms with Crippen LogP contribution in [0.2, 0.25) is 0 Å². The van der Waals surface area contributed by atoms with E-state index < -0.39 is 47.5 Å². The number of esters is 2. The van der Waals surface area contributed by atoms with Crippen LogP contribution in [0.5, 0.6) is 0 Å². The summed E-state index contributed by atoms with van der Waals surface area (Å²) in [7, 11) is 0. The molecule has 38 heavy (non-hydrogen) atoms. The number of aliphatic carboxylic acids is 1. The predicted octanol–water partition coefficient (Wildman–Crippen LogP) is 4.11. The number of carboxylic acids is 1. The van der Waals surface area contributed by atoms with Gasteiger partial charge in [-0.15, -0.1) is 0 Å². The largest absolute Gasteiger partial charge is 0.481 e. The highest BCUT2D eigenvalue weighted by atomic mass is 16.6. The summed E-state index contributed by atoms with van der Waals surface area (Å²) in [4.78, 5) is 50.6. The summed E-state index contributed by atoms with van der Waals surface area (Å²) in [5.74, 6) is -6.82. The second-order valence-electron chi connectivity index (χ2n) is 9.71. The van der Waals surface area contributed by atoms with Crippen molar-refractivity contribution in [2.45, 2.75) is 52.4 Å². The Balaban J connectivity index is 0.00000161. The van der Waals surface area contributed by atoms with E-state index in [2.05, 4.69) is 5.32 Å². The van der Waals surface area contributed by atoms with Crippen molar-refractivity contribution in [1.82, 2.24) is 5.32 Å². The van der Waals surface area contributed by atoms with Crippen LogP contribution in [0.3, 0.4) is 0 Å². The van der Waals surface area contributed by atoms with Crippen molar-refractivity contribution in [2.24, 2.45) is 29.4 Å². The molecule has 8 heteroatoms. The molecule has 206 valence electrons. The van der Waals surface area contributed by atoms with Gasteiger partial charge in [0, 0.05) is 6.54 Å². The maximum Gasteiger partial charge on any atom is 0.317 e. The smallest absolute Gasteiger partial charge is 0.317 e. The summed E-state index contributed by atoms with van der Waals surface area (Å²) in [6, 6.07) is 18.7. The summed E-state index contributed by atoms with van der Waals surface area (Å²) < 4.78 is 4.83. The molecule has 0 saturated carbocycles. The zero-order chi connectivity index (χ0) is 28.2. The lowest BCUT2D eigenvalue weighted by Gasteiger charge is -2.33. The Bertz CT molecular complexity index is 1060. The van der Waals surface area contributed by atoms with Crippen LogP contribution >= 0.6 is 0 Å². The lowest BCUT2D eigenvalue weighted by molar-refractivity contribution is -0.154. The molecule has 1 heterocycles. The Hall–Kier alpha value is -3.52. The van der Waals surface area contributed by atoms with Gasteiger partial charge in [-0.05, 0) is 49.3 Å². The Morgan fingerprint density at radius 2 is 1.50 bits per heavy atom. The zero-order valence-corrected chi connectivity index (χ0v) is 22.6. The van der Waals surface area contributed by atoms with Crippen LogP contribution in [0, 0.1) is 23.7 Å². The third-order valence-corrected chi connectivity index (χ3v) is 7.03. The molecule has 6 atom stereocenters. The fourth-order valence-corrected chi connectivity index (χ4v) is 5.05.